The number of amidine groups is 1. The number of benzene rings is 1. The number of anilines is 2. The van der Waals surface area contributed by atoms with Crippen molar-refractivity contribution < 1.29 is 9.53 Å². The molecule has 3 rings (SSSR count). The Balaban J connectivity index is 1.70. The Hall–Kier alpha value is -2.89. The molecule has 6 heteroatoms. The third-order valence-corrected chi connectivity index (χ3v) is 4.50. The van der Waals surface area contributed by atoms with Crippen molar-refractivity contribution in [2.24, 2.45) is 0 Å². The SMILES string of the molecule is CC(=O)OC1CCN(C(=N)c2ccncc2Nc2ccc(C)cc2)CC1. The van der Waals surface area contributed by atoms with Gasteiger partial charge in [-0.05, 0) is 25.1 Å². The number of esters is 1. The standard InChI is InChI=1S/C20H24N4O2/c1-14-3-5-16(6-4-14)23-19-13-22-10-7-18(19)20(21)24-11-8-17(9-12-24)26-15(2)25/h3-7,10,13,17,21,23H,8-9,11-12H2,1-2H3. The molecule has 0 saturated carbocycles. The number of nitrogens with zero attached hydrogens (tertiary/aromatic N) is 2. The van der Waals surface area contributed by atoms with Gasteiger partial charge in [-0.3, -0.25) is 15.2 Å². The van der Waals surface area contributed by atoms with E-state index in [1.807, 2.05) is 35.2 Å². The summed E-state index contributed by atoms with van der Waals surface area (Å²) in [5, 5.41) is 12.0. The second kappa shape index (κ2) is 7.99. The summed E-state index contributed by atoms with van der Waals surface area (Å²) in [5.41, 5.74) is 3.78. The molecule has 1 aliphatic rings. The van der Waals surface area contributed by atoms with Crippen molar-refractivity contribution in [1.29, 1.82) is 5.41 Å². The monoisotopic (exact) mass is 352 g/mol. The van der Waals surface area contributed by atoms with Gasteiger partial charge in [-0.15, -0.1) is 0 Å². The van der Waals surface area contributed by atoms with Gasteiger partial charge in [0, 0.05) is 50.3 Å². The third kappa shape index (κ3) is 4.39. The van der Waals surface area contributed by atoms with Crippen LogP contribution in [0.4, 0.5) is 11.4 Å². The minimum absolute atomic E-state index is 0.0425. The van der Waals surface area contributed by atoms with E-state index in [4.69, 9.17) is 10.1 Å². The number of likely N-dealkylation sites (tertiary alicyclic amines) is 1. The molecule has 0 atom stereocenters. The van der Waals surface area contributed by atoms with Gasteiger partial charge in [-0.25, -0.2) is 0 Å². The lowest BCUT2D eigenvalue weighted by molar-refractivity contribution is -0.147. The van der Waals surface area contributed by atoms with Crippen LogP contribution in [0.15, 0.2) is 42.7 Å². The zero-order valence-corrected chi connectivity index (χ0v) is 15.2. The number of carbonyl (C=O) groups excluding carboxylic acids is 1. The van der Waals surface area contributed by atoms with E-state index in [1.165, 1.54) is 12.5 Å². The van der Waals surface area contributed by atoms with Gasteiger partial charge in [-0.2, -0.15) is 0 Å². The van der Waals surface area contributed by atoms with Crippen LogP contribution in [-0.2, 0) is 9.53 Å². The number of hydrogen-bond donors (Lipinski definition) is 2. The van der Waals surface area contributed by atoms with E-state index in [0.29, 0.717) is 18.9 Å². The highest BCUT2D eigenvalue weighted by Gasteiger charge is 2.24. The van der Waals surface area contributed by atoms with E-state index in [0.717, 1.165) is 29.8 Å². The average Bonchev–Trinajstić information content (AvgIpc) is 2.64. The maximum absolute atomic E-state index is 11.1. The molecule has 0 bridgehead atoms. The van der Waals surface area contributed by atoms with Crippen LogP contribution in [0.5, 0.6) is 0 Å². The van der Waals surface area contributed by atoms with Crippen molar-refractivity contribution in [2.45, 2.75) is 32.8 Å². The van der Waals surface area contributed by atoms with Crippen molar-refractivity contribution in [3.8, 4) is 0 Å². The zero-order chi connectivity index (χ0) is 18.5. The molecule has 0 spiro atoms. The van der Waals surface area contributed by atoms with Crippen LogP contribution in [0.1, 0.15) is 30.9 Å². The molecule has 1 fully saturated rings. The summed E-state index contributed by atoms with van der Waals surface area (Å²) in [4.78, 5) is 17.3. The van der Waals surface area contributed by atoms with E-state index >= 15 is 0 Å². The molecule has 1 aliphatic heterocycles. The fraction of sp³-hybridized carbons (Fsp3) is 0.350. The lowest BCUT2D eigenvalue weighted by Crippen LogP contribution is -2.41. The van der Waals surface area contributed by atoms with Crippen LogP contribution < -0.4 is 5.32 Å². The highest BCUT2D eigenvalue weighted by molar-refractivity contribution is 6.01. The number of hydrogen-bond acceptors (Lipinski definition) is 5. The molecule has 26 heavy (non-hydrogen) atoms. The maximum Gasteiger partial charge on any atom is 0.302 e. The van der Waals surface area contributed by atoms with E-state index in [-0.39, 0.29) is 12.1 Å². The maximum atomic E-state index is 11.1. The first-order valence-corrected chi connectivity index (χ1v) is 8.81. The largest absolute Gasteiger partial charge is 0.462 e. The molecule has 2 aromatic rings. The Kier molecular flexibility index (Phi) is 5.51. The molecule has 0 unspecified atom stereocenters. The van der Waals surface area contributed by atoms with Gasteiger partial charge in [0.1, 0.15) is 11.9 Å². The minimum Gasteiger partial charge on any atom is -0.462 e. The fourth-order valence-electron chi connectivity index (χ4n) is 3.10. The summed E-state index contributed by atoms with van der Waals surface area (Å²) in [7, 11) is 0. The third-order valence-electron chi connectivity index (χ3n) is 4.50. The van der Waals surface area contributed by atoms with Gasteiger partial charge in [0.15, 0.2) is 0 Å². The molecule has 0 radical (unpaired) electrons. The van der Waals surface area contributed by atoms with Gasteiger partial charge >= 0.3 is 5.97 Å². The lowest BCUT2D eigenvalue weighted by Gasteiger charge is -2.33. The first kappa shape index (κ1) is 17.9. The smallest absolute Gasteiger partial charge is 0.302 e. The molecular formula is C20H24N4O2. The minimum atomic E-state index is -0.239. The number of carbonyl (C=O) groups is 1. The topological polar surface area (TPSA) is 78.3 Å². The van der Waals surface area contributed by atoms with Gasteiger partial charge in [0.25, 0.3) is 0 Å². The average molecular weight is 352 g/mol. The molecule has 2 heterocycles. The Labute approximate surface area is 153 Å². The summed E-state index contributed by atoms with van der Waals surface area (Å²) in [5.74, 6) is 0.223. The van der Waals surface area contributed by atoms with E-state index in [1.54, 1.807) is 12.4 Å². The van der Waals surface area contributed by atoms with Crippen molar-refractivity contribution >= 4 is 23.2 Å². The number of ether oxygens (including phenoxy) is 1. The Morgan fingerprint density at radius 1 is 1.23 bits per heavy atom. The van der Waals surface area contributed by atoms with Crippen LogP contribution in [-0.4, -0.2) is 40.9 Å². The van der Waals surface area contributed by atoms with Crippen molar-refractivity contribution in [3.05, 3.63) is 53.9 Å². The molecular weight excluding hydrogens is 328 g/mol. The molecule has 136 valence electrons. The van der Waals surface area contributed by atoms with Crippen LogP contribution in [0.2, 0.25) is 0 Å². The van der Waals surface area contributed by atoms with Gasteiger partial charge in [-0.1, -0.05) is 17.7 Å². The molecule has 1 aromatic carbocycles. The molecule has 0 aliphatic carbocycles. The second-order valence-corrected chi connectivity index (χ2v) is 6.56. The first-order chi connectivity index (χ1) is 12.5. The van der Waals surface area contributed by atoms with Crippen molar-refractivity contribution in [2.75, 3.05) is 18.4 Å². The van der Waals surface area contributed by atoms with Gasteiger partial charge < -0.3 is 15.0 Å². The summed E-state index contributed by atoms with van der Waals surface area (Å²) < 4.78 is 5.28. The fourth-order valence-corrected chi connectivity index (χ4v) is 3.10. The van der Waals surface area contributed by atoms with Crippen molar-refractivity contribution in [1.82, 2.24) is 9.88 Å². The number of aromatic nitrogens is 1. The number of rotatable bonds is 4. The summed E-state index contributed by atoms with van der Waals surface area (Å²) in [6.45, 7) is 4.88. The quantitative estimate of drug-likeness (QED) is 0.500. The number of pyridine rings is 1. The van der Waals surface area contributed by atoms with Crippen LogP contribution >= 0.6 is 0 Å². The molecule has 0 amide bonds. The Bertz CT molecular complexity index is 781. The van der Waals surface area contributed by atoms with Crippen LogP contribution in [0.25, 0.3) is 0 Å². The Morgan fingerprint density at radius 2 is 1.92 bits per heavy atom. The highest BCUT2D eigenvalue weighted by Crippen LogP contribution is 2.23. The number of piperidine rings is 1. The number of nitrogens with one attached hydrogen (secondary N) is 2. The lowest BCUT2D eigenvalue weighted by atomic mass is 10.1. The zero-order valence-electron chi connectivity index (χ0n) is 15.2. The van der Waals surface area contributed by atoms with Crippen LogP contribution in [0.3, 0.4) is 0 Å². The molecule has 1 saturated heterocycles. The Morgan fingerprint density at radius 3 is 2.58 bits per heavy atom. The van der Waals surface area contributed by atoms with Crippen LogP contribution in [0, 0.1) is 12.3 Å². The number of aryl methyl sites for hydroxylation is 1. The highest BCUT2D eigenvalue weighted by atomic mass is 16.5. The second-order valence-electron chi connectivity index (χ2n) is 6.56. The van der Waals surface area contributed by atoms with E-state index in [9.17, 15) is 4.79 Å². The predicted octanol–water partition coefficient (Wildman–Crippen LogP) is 3.49. The normalized spacial score (nSPS) is 14.8. The van der Waals surface area contributed by atoms with E-state index < -0.39 is 0 Å². The predicted molar refractivity (Wildman–Crippen MR) is 102 cm³/mol. The van der Waals surface area contributed by atoms with Gasteiger partial charge in [0.2, 0.25) is 0 Å². The molecule has 6 nitrogen and oxygen atoms in total. The van der Waals surface area contributed by atoms with Crippen molar-refractivity contribution in [3.63, 3.8) is 0 Å². The molecule has 2 N–H and O–H groups in total. The first-order valence-electron chi connectivity index (χ1n) is 8.81. The summed E-state index contributed by atoms with van der Waals surface area (Å²) in [6, 6.07) is 9.98. The summed E-state index contributed by atoms with van der Waals surface area (Å²) >= 11 is 0. The summed E-state index contributed by atoms with van der Waals surface area (Å²) in [6.07, 6.45) is 4.89. The molecule has 1 aromatic heterocycles. The van der Waals surface area contributed by atoms with Gasteiger partial charge in [0.05, 0.1) is 11.9 Å². The van der Waals surface area contributed by atoms with E-state index in [2.05, 4.69) is 17.2 Å².